The smallest absolute Gasteiger partial charge is 0.219 e. The highest BCUT2D eigenvalue weighted by Crippen LogP contribution is 2.25. The van der Waals surface area contributed by atoms with E-state index < -0.39 is 0 Å². The summed E-state index contributed by atoms with van der Waals surface area (Å²) in [6, 6.07) is 9.88. The lowest BCUT2D eigenvalue weighted by atomic mass is 10.2. The zero-order valence-corrected chi connectivity index (χ0v) is 13.6. The van der Waals surface area contributed by atoms with E-state index in [1.807, 2.05) is 38.1 Å². The van der Waals surface area contributed by atoms with E-state index in [-0.39, 0.29) is 0 Å². The van der Waals surface area contributed by atoms with Gasteiger partial charge in [0, 0.05) is 22.8 Å². The second-order valence-corrected chi connectivity index (χ2v) is 5.54. The first-order valence-electron chi connectivity index (χ1n) is 6.71. The summed E-state index contributed by atoms with van der Waals surface area (Å²) in [6.07, 6.45) is 0. The number of aryl methyl sites for hydroxylation is 2. The van der Waals surface area contributed by atoms with E-state index in [2.05, 4.69) is 39.2 Å². The number of rotatable bonds is 5. The van der Waals surface area contributed by atoms with Crippen LogP contribution in [0.2, 0.25) is 0 Å². The SMILES string of the molecule is CCNCc1ccc(Oc2ccc(Br)c(C)c2)nc1C. The van der Waals surface area contributed by atoms with Gasteiger partial charge >= 0.3 is 0 Å². The predicted molar refractivity (Wildman–Crippen MR) is 85.3 cm³/mol. The number of hydrogen-bond donors (Lipinski definition) is 1. The van der Waals surface area contributed by atoms with E-state index in [0.717, 1.165) is 34.6 Å². The van der Waals surface area contributed by atoms with E-state index in [4.69, 9.17) is 4.74 Å². The van der Waals surface area contributed by atoms with Crippen LogP contribution in [0.15, 0.2) is 34.8 Å². The van der Waals surface area contributed by atoms with Gasteiger partial charge in [0.1, 0.15) is 5.75 Å². The van der Waals surface area contributed by atoms with Gasteiger partial charge in [-0.25, -0.2) is 4.98 Å². The molecule has 2 rings (SSSR count). The monoisotopic (exact) mass is 334 g/mol. The molecule has 20 heavy (non-hydrogen) atoms. The highest BCUT2D eigenvalue weighted by atomic mass is 79.9. The molecule has 0 fully saturated rings. The van der Waals surface area contributed by atoms with Crippen molar-refractivity contribution in [2.45, 2.75) is 27.3 Å². The Hall–Kier alpha value is -1.39. The lowest BCUT2D eigenvalue weighted by Gasteiger charge is -2.10. The summed E-state index contributed by atoms with van der Waals surface area (Å²) in [5, 5.41) is 3.30. The molecule has 0 radical (unpaired) electrons. The third-order valence-corrected chi connectivity index (χ3v) is 3.98. The normalized spacial score (nSPS) is 10.6. The summed E-state index contributed by atoms with van der Waals surface area (Å²) in [5.41, 5.74) is 3.34. The number of hydrogen-bond acceptors (Lipinski definition) is 3. The number of ether oxygens (including phenoxy) is 1. The number of nitrogens with one attached hydrogen (secondary N) is 1. The highest BCUT2D eigenvalue weighted by Gasteiger charge is 2.04. The molecule has 0 bridgehead atoms. The lowest BCUT2D eigenvalue weighted by molar-refractivity contribution is 0.460. The van der Waals surface area contributed by atoms with Crippen molar-refractivity contribution in [3.05, 3.63) is 51.6 Å². The summed E-state index contributed by atoms with van der Waals surface area (Å²) in [5.74, 6) is 1.43. The highest BCUT2D eigenvalue weighted by molar-refractivity contribution is 9.10. The van der Waals surface area contributed by atoms with Gasteiger partial charge in [-0.05, 0) is 49.7 Å². The minimum atomic E-state index is 0.629. The Morgan fingerprint density at radius 3 is 2.65 bits per heavy atom. The van der Waals surface area contributed by atoms with Crippen LogP contribution in [0.5, 0.6) is 11.6 Å². The summed E-state index contributed by atoms with van der Waals surface area (Å²) >= 11 is 3.48. The topological polar surface area (TPSA) is 34.1 Å². The van der Waals surface area contributed by atoms with Crippen molar-refractivity contribution < 1.29 is 4.74 Å². The van der Waals surface area contributed by atoms with Crippen LogP contribution in [0.1, 0.15) is 23.7 Å². The Morgan fingerprint density at radius 2 is 2.00 bits per heavy atom. The first-order chi connectivity index (χ1) is 9.60. The largest absolute Gasteiger partial charge is 0.439 e. The number of nitrogens with zero attached hydrogens (tertiary/aromatic N) is 1. The maximum absolute atomic E-state index is 5.80. The number of halogens is 1. The second kappa shape index (κ2) is 6.86. The summed E-state index contributed by atoms with van der Waals surface area (Å²) < 4.78 is 6.88. The molecular weight excluding hydrogens is 316 g/mol. The third kappa shape index (κ3) is 3.81. The molecule has 2 aromatic rings. The van der Waals surface area contributed by atoms with Crippen LogP contribution >= 0.6 is 15.9 Å². The number of aromatic nitrogens is 1. The van der Waals surface area contributed by atoms with Crippen molar-refractivity contribution >= 4 is 15.9 Å². The van der Waals surface area contributed by atoms with Gasteiger partial charge in [-0.15, -0.1) is 0 Å². The number of benzene rings is 1. The molecule has 0 spiro atoms. The van der Waals surface area contributed by atoms with Crippen molar-refractivity contribution in [3.63, 3.8) is 0 Å². The van der Waals surface area contributed by atoms with E-state index >= 15 is 0 Å². The molecule has 1 aromatic carbocycles. The van der Waals surface area contributed by atoms with Crippen LogP contribution in [-0.2, 0) is 6.54 Å². The van der Waals surface area contributed by atoms with Crippen LogP contribution in [-0.4, -0.2) is 11.5 Å². The molecule has 4 heteroatoms. The Morgan fingerprint density at radius 1 is 1.20 bits per heavy atom. The standard InChI is InChI=1S/C16H19BrN2O/c1-4-18-10-13-5-8-16(19-12(13)3)20-14-6-7-15(17)11(2)9-14/h5-9,18H,4,10H2,1-3H3. The first-order valence-corrected chi connectivity index (χ1v) is 7.50. The fourth-order valence-corrected chi connectivity index (χ4v) is 2.12. The van der Waals surface area contributed by atoms with Gasteiger partial charge in [0.05, 0.1) is 0 Å². The van der Waals surface area contributed by atoms with Crippen molar-refractivity contribution in [2.24, 2.45) is 0 Å². The molecule has 0 atom stereocenters. The Bertz CT molecular complexity index is 599. The fourth-order valence-electron chi connectivity index (χ4n) is 1.87. The molecule has 0 aliphatic carbocycles. The van der Waals surface area contributed by atoms with E-state index in [1.54, 1.807) is 0 Å². The van der Waals surface area contributed by atoms with Crippen molar-refractivity contribution in [3.8, 4) is 11.6 Å². The van der Waals surface area contributed by atoms with Crippen LogP contribution in [0.25, 0.3) is 0 Å². The van der Waals surface area contributed by atoms with Crippen LogP contribution in [0, 0.1) is 13.8 Å². The molecule has 1 heterocycles. The quantitative estimate of drug-likeness (QED) is 0.881. The van der Waals surface area contributed by atoms with Gasteiger partial charge in [0.2, 0.25) is 5.88 Å². The molecule has 0 saturated heterocycles. The molecule has 106 valence electrons. The average molecular weight is 335 g/mol. The van der Waals surface area contributed by atoms with Crippen molar-refractivity contribution in [1.29, 1.82) is 0 Å². The maximum atomic E-state index is 5.80. The molecule has 1 N–H and O–H groups in total. The van der Waals surface area contributed by atoms with Gasteiger partial charge in [-0.3, -0.25) is 0 Å². The van der Waals surface area contributed by atoms with Gasteiger partial charge < -0.3 is 10.1 Å². The summed E-state index contributed by atoms with van der Waals surface area (Å²) in [6.45, 7) is 7.93. The van der Waals surface area contributed by atoms with Crippen LogP contribution in [0.3, 0.4) is 0 Å². The third-order valence-electron chi connectivity index (χ3n) is 3.09. The Balaban J connectivity index is 2.13. The van der Waals surface area contributed by atoms with E-state index in [0.29, 0.717) is 5.88 Å². The second-order valence-electron chi connectivity index (χ2n) is 4.69. The molecule has 0 aliphatic rings. The average Bonchev–Trinajstić information content (AvgIpc) is 2.42. The maximum Gasteiger partial charge on any atom is 0.219 e. The molecule has 0 aliphatic heterocycles. The van der Waals surface area contributed by atoms with Crippen molar-refractivity contribution in [2.75, 3.05) is 6.54 Å². The molecule has 0 saturated carbocycles. The summed E-state index contributed by atoms with van der Waals surface area (Å²) in [7, 11) is 0. The molecule has 0 amide bonds. The van der Waals surface area contributed by atoms with Crippen LogP contribution < -0.4 is 10.1 Å². The molecular formula is C16H19BrN2O. The fraction of sp³-hybridized carbons (Fsp3) is 0.312. The minimum absolute atomic E-state index is 0.629. The predicted octanol–water partition coefficient (Wildman–Crippen LogP) is 4.36. The van der Waals surface area contributed by atoms with E-state index in [9.17, 15) is 0 Å². The molecule has 1 aromatic heterocycles. The lowest BCUT2D eigenvalue weighted by Crippen LogP contribution is -2.13. The summed E-state index contributed by atoms with van der Waals surface area (Å²) in [4.78, 5) is 4.50. The van der Waals surface area contributed by atoms with Gasteiger partial charge in [-0.2, -0.15) is 0 Å². The molecule has 0 unspecified atom stereocenters. The van der Waals surface area contributed by atoms with Gasteiger partial charge in [0.15, 0.2) is 0 Å². The zero-order valence-electron chi connectivity index (χ0n) is 12.0. The zero-order chi connectivity index (χ0) is 14.5. The Kier molecular flexibility index (Phi) is 5.15. The van der Waals surface area contributed by atoms with Gasteiger partial charge in [0.25, 0.3) is 0 Å². The van der Waals surface area contributed by atoms with Gasteiger partial charge in [-0.1, -0.05) is 28.9 Å². The Labute approximate surface area is 128 Å². The van der Waals surface area contributed by atoms with E-state index in [1.165, 1.54) is 5.56 Å². The first kappa shape index (κ1) is 15.0. The molecule has 3 nitrogen and oxygen atoms in total. The minimum Gasteiger partial charge on any atom is -0.439 e. The number of pyridine rings is 1. The van der Waals surface area contributed by atoms with Crippen LogP contribution in [0.4, 0.5) is 0 Å². The van der Waals surface area contributed by atoms with Crippen molar-refractivity contribution in [1.82, 2.24) is 10.3 Å².